The number of hydrogen-bond acceptors (Lipinski definition) is 4. The molecule has 0 bridgehead atoms. The van der Waals surface area contributed by atoms with Gasteiger partial charge in [0.2, 0.25) is 5.91 Å². The van der Waals surface area contributed by atoms with E-state index in [4.69, 9.17) is 0 Å². The maximum Gasteiger partial charge on any atom is 0.262 e. The predicted molar refractivity (Wildman–Crippen MR) is 109 cm³/mol. The van der Waals surface area contributed by atoms with Crippen LogP contribution >= 0.6 is 11.3 Å². The van der Waals surface area contributed by atoms with Gasteiger partial charge in [0.25, 0.3) is 5.56 Å². The predicted octanol–water partition coefficient (Wildman–Crippen LogP) is 4.32. The Morgan fingerprint density at radius 1 is 1.07 bits per heavy atom. The van der Waals surface area contributed by atoms with Crippen molar-refractivity contribution < 1.29 is 4.79 Å². The van der Waals surface area contributed by atoms with Crippen molar-refractivity contribution in [1.82, 2.24) is 9.55 Å². The third-order valence-electron chi connectivity index (χ3n) is 4.37. The number of carbonyl (C=O) groups excluding carboxylic acids is 1. The van der Waals surface area contributed by atoms with Gasteiger partial charge >= 0.3 is 0 Å². The minimum Gasteiger partial charge on any atom is -0.324 e. The fraction of sp³-hybridized carbons (Fsp3) is 0.0952. The van der Waals surface area contributed by atoms with Crippen molar-refractivity contribution >= 4 is 33.1 Å². The van der Waals surface area contributed by atoms with Crippen molar-refractivity contribution in [3.63, 3.8) is 0 Å². The number of nitrogens with one attached hydrogen (secondary N) is 1. The summed E-state index contributed by atoms with van der Waals surface area (Å²) in [5, 5.41) is 3.35. The summed E-state index contributed by atoms with van der Waals surface area (Å²) < 4.78 is 1.38. The average Bonchev–Trinajstić information content (AvgIpc) is 3.14. The third kappa shape index (κ3) is 3.39. The van der Waals surface area contributed by atoms with Gasteiger partial charge in [-0.25, -0.2) is 4.98 Å². The third-order valence-corrected chi connectivity index (χ3v) is 5.47. The topological polar surface area (TPSA) is 64.0 Å². The maximum atomic E-state index is 12.9. The molecule has 0 radical (unpaired) electrons. The second-order valence-corrected chi connectivity index (χ2v) is 7.21. The largest absolute Gasteiger partial charge is 0.324 e. The van der Waals surface area contributed by atoms with Crippen LogP contribution in [-0.4, -0.2) is 15.5 Å². The molecule has 27 heavy (non-hydrogen) atoms. The van der Waals surface area contributed by atoms with Gasteiger partial charge in [-0.3, -0.25) is 14.2 Å². The van der Waals surface area contributed by atoms with E-state index in [-0.39, 0.29) is 11.5 Å². The summed E-state index contributed by atoms with van der Waals surface area (Å²) in [6.07, 6.45) is 1.45. The van der Waals surface area contributed by atoms with E-state index < -0.39 is 6.04 Å². The van der Waals surface area contributed by atoms with Gasteiger partial charge in [0.15, 0.2) is 0 Å². The molecule has 6 heteroatoms. The molecule has 0 fully saturated rings. The molecule has 2 aromatic carbocycles. The SMILES string of the molecule is CC(C(=O)Nc1ccccc1)n1cnc2sc(-c3ccccc3)cc2c1=O. The van der Waals surface area contributed by atoms with E-state index in [1.807, 2.05) is 54.6 Å². The molecule has 0 saturated heterocycles. The maximum absolute atomic E-state index is 12.9. The summed E-state index contributed by atoms with van der Waals surface area (Å²) in [6.45, 7) is 1.69. The fourth-order valence-electron chi connectivity index (χ4n) is 2.85. The molecule has 1 unspecified atom stereocenters. The van der Waals surface area contributed by atoms with Crippen molar-refractivity contribution in [2.75, 3.05) is 5.32 Å². The second kappa shape index (κ2) is 7.17. The Labute approximate surface area is 159 Å². The smallest absolute Gasteiger partial charge is 0.262 e. The van der Waals surface area contributed by atoms with Crippen LogP contribution < -0.4 is 10.9 Å². The number of para-hydroxylation sites is 1. The Kier molecular flexibility index (Phi) is 4.56. The lowest BCUT2D eigenvalue weighted by Gasteiger charge is -2.14. The van der Waals surface area contributed by atoms with E-state index in [1.165, 1.54) is 22.2 Å². The molecule has 1 amide bonds. The molecule has 5 nitrogen and oxygen atoms in total. The Morgan fingerprint density at radius 3 is 2.44 bits per heavy atom. The van der Waals surface area contributed by atoms with Gasteiger partial charge in [0.1, 0.15) is 10.9 Å². The molecule has 2 aromatic heterocycles. The highest BCUT2D eigenvalue weighted by Crippen LogP contribution is 2.30. The first kappa shape index (κ1) is 17.2. The molecule has 0 aliphatic heterocycles. The Hall–Kier alpha value is -3.25. The van der Waals surface area contributed by atoms with Crippen LogP contribution in [0.2, 0.25) is 0 Å². The molecule has 134 valence electrons. The first-order chi connectivity index (χ1) is 13.1. The quantitative estimate of drug-likeness (QED) is 0.578. The molecule has 2 heterocycles. The van der Waals surface area contributed by atoms with E-state index >= 15 is 0 Å². The van der Waals surface area contributed by atoms with Gasteiger partial charge in [0, 0.05) is 10.6 Å². The van der Waals surface area contributed by atoms with Gasteiger partial charge in [-0.1, -0.05) is 48.5 Å². The van der Waals surface area contributed by atoms with E-state index in [2.05, 4.69) is 10.3 Å². The van der Waals surface area contributed by atoms with Crippen molar-refractivity contribution in [2.45, 2.75) is 13.0 Å². The lowest BCUT2D eigenvalue weighted by atomic mass is 10.2. The number of carbonyl (C=O) groups is 1. The van der Waals surface area contributed by atoms with E-state index in [1.54, 1.807) is 19.1 Å². The Bertz CT molecular complexity index is 1150. The minimum atomic E-state index is -0.672. The van der Waals surface area contributed by atoms with Crippen LogP contribution in [0.4, 0.5) is 5.69 Å². The minimum absolute atomic E-state index is 0.214. The number of aromatic nitrogens is 2. The highest BCUT2D eigenvalue weighted by Gasteiger charge is 2.19. The standard InChI is InChI=1S/C21H17N3O2S/c1-14(19(25)23-16-10-6-3-7-11-16)24-13-22-20-17(21(24)26)12-18(27-20)15-8-4-2-5-9-15/h2-14H,1H3,(H,23,25). The van der Waals surface area contributed by atoms with Crippen LogP contribution in [0.3, 0.4) is 0 Å². The number of hydrogen-bond donors (Lipinski definition) is 1. The summed E-state index contributed by atoms with van der Waals surface area (Å²) in [6, 6.07) is 20.2. The lowest BCUT2D eigenvalue weighted by molar-refractivity contribution is -0.118. The molecule has 0 spiro atoms. The summed E-state index contributed by atoms with van der Waals surface area (Å²) in [5.74, 6) is -0.261. The van der Waals surface area contributed by atoms with Crippen molar-refractivity contribution in [3.05, 3.63) is 83.4 Å². The average molecular weight is 375 g/mol. The zero-order chi connectivity index (χ0) is 18.8. The normalized spacial score (nSPS) is 12.0. The molecule has 1 atom stereocenters. The van der Waals surface area contributed by atoms with E-state index in [0.29, 0.717) is 15.9 Å². The van der Waals surface area contributed by atoms with Gasteiger partial charge in [-0.2, -0.15) is 0 Å². The molecule has 0 aliphatic carbocycles. The van der Waals surface area contributed by atoms with Crippen LogP contribution in [0.1, 0.15) is 13.0 Å². The van der Waals surface area contributed by atoms with Gasteiger partial charge in [-0.05, 0) is 30.7 Å². The monoisotopic (exact) mass is 375 g/mol. The molecule has 1 N–H and O–H groups in total. The number of benzene rings is 2. The van der Waals surface area contributed by atoms with Gasteiger partial charge < -0.3 is 5.32 Å². The number of rotatable bonds is 4. The van der Waals surface area contributed by atoms with E-state index in [0.717, 1.165) is 10.4 Å². The molecular formula is C21H17N3O2S. The molecule has 0 aliphatic rings. The van der Waals surface area contributed by atoms with Crippen molar-refractivity contribution in [3.8, 4) is 10.4 Å². The fourth-order valence-corrected chi connectivity index (χ4v) is 3.85. The zero-order valence-electron chi connectivity index (χ0n) is 14.6. The number of thiophene rings is 1. The van der Waals surface area contributed by atoms with Gasteiger partial charge in [-0.15, -0.1) is 11.3 Å². The summed E-state index contributed by atoms with van der Waals surface area (Å²) in [7, 11) is 0. The van der Waals surface area contributed by atoms with Crippen LogP contribution in [0.25, 0.3) is 20.7 Å². The van der Waals surface area contributed by atoms with Gasteiger partial charge in [0.05, 0.1) is 11.7 Å². The summed E-state index contributed by atoms with van der Waals surface area (Å²) in [5.41, 5.74) is 1.52. The van der Waals surface area contributed by atoms with Crippen molar-refractivity contribution in [2.24, 2.45) is 0 Å². The number of anilines is 1. The van der Waals surface area contributed by atoms with Crippen LogP contribution in [0.15, 0.2) is 77.9 Å². The van der Waals surface area contributed by atoms with Crippen molar-refractivity contribution in [1.29, 1.82) is 0 Å². The van der Waals surface area contributed by atoms with E-state index in [9.17, 15) is 9.59 Å². The summed E-state index contributed by atoms with van der Waals surface area (Å²) in [4.78, 5) is 31.5. The Balaban J connectivity index is 1.67. The second-order valence-electron chi connectivity index (χ2n) is 6.18. The van der Waals surface area contributed by atoms with Crippen LogP contribution in [0, 0.1) is 0 Å². The highest BCUT2D eigenvalue weighted by molar-refractivity contribution is 7.21. The highest BCUT2D eigenvalue weighted by atomic mass is 32.1. The van der Waals surface area contributed by atoms with Crippen LogP contribution in [-0.2, 0) is 4.79 Å². The molecule has 4 aromatic rings. The first-order valence-corrected chi connectivity index (χ1v) is 9.37. The molecular weight excluding hydrogens is 358 g/mol. The molecule has 0 saturated carbocycles. The van der Waals surface area contributed by atoms with Crippen LogP contribution in [0.5, 0.6) is 0 Å². The molecule has 4 rings (SSSR count). The Morgan fingerprint density at radius 2 is 1.74 bits per heavy atom. The number of nitrogens with zero attached hydrogens (tertiary/aromatic N) is 2. The zero-order valence-corrected chi connectivity index (χ0v) is 15.4. The number of fused-ring (bicyclic) bond motifs is 1. The summed E-state index contributed by atoms with van der Waals surface area (Å²) >= 11 is 1.47. The lowest BCUT2D eigenvalue weighted by Crippen LogP contribution is -2.31. The first-order valence-electron chi connectivity index (χ1n) is 8.55. The number of amides is 1.